The normalized spacial score (nSPS) is 15.7. The Kier molecular flexibility index (Phi) is 8.46. The van der Waals surface area contributed by atoms with Crippen LogP contribution < -0.4 is 4.74 Å². The van der Waals surface area contributed by atoms with Gasteiger partial charge in [0.25, 0.3) is 0 Å². The Labute approximate surface area is 208 Å². The van der Waals surface area contributed by atoms with Crippen molar-refractivity contribution >= 4 is 23.6 Å². The van der Waals surface area contributed by atoms with Crippen molar-refractivity contribution in [2.45, 2.75) is 37.8 Å². The van der Waals surface area contributed by atoms with E-state index < -0.39 is 0 Å². The molecular weight excluding hydrogens is 468 g/mol. The number of benzene rings is 1. The summed E-state index contributed by atoms with van der Waals surface area (Å²) in [6, 6.07) is 11.3. The quantitative estimate of drug-likeness (QED) is 0.233. The lowest BCUT2D eigenvalue weighted by Gasteiger charge is -2.31. The van der Waals surface area contributed by atoms with E-state index in [0.717, 1.165) is 29.4 Å². The van der Waals surface area contributed by atoms with Gasteiger partial charge in [0.2, 0.25) is 11.7 Å². The number of esters is 1. The van der Waals surface area contributed by atoms with Crippen LogP contribution in [0.3, 0.4) is 0 Å². The molecular formula is C25H30N4O5S. The number of nitrogens with zero attached hydrogens (tertiary/aromatic N) is 4. The number of ether oxygens (including phenoxy) is 2. The molecule has 10 heteroatoms. The highest BCUT2D eigenvalue weighted by Crippen LogP contribution is 2.29. The summed E-state index contributed by atoms with van der Waals surface area (Å²) in [5.74, 6) is 2.35. The lowest BCUT2D eigenvalue weighted by molar-refractivity contribution is -0.151. The van der Waals surface area contributed by atoms with Gasteiger partial charge >= 0.3 is 5.97 Å². The number of aromatic nitrogens is 3. The maximum absolute atomic E-state index is 12.8. The molecule has 1 aliphatic heterocycles. The van der Waals surface area contributed by atoms with Crippen molar-refractivity contribution in [3.63, 3.8) is 0 Å². The van der Waals surface area contributed by atoms with Crippen molar-refractivity contribution in [3.05, 3.63) is 42.7 Å². The number of hydrogen-bond donors (Lipinski definition) is 0. The standard InChI is InChI=1S/C25H30N4O5S/c1-3-33-24(31)18-7-4-14-28(17-18)22(30)9-6-16-35-25-27-26-23(21-8-5-15-34-21)29(25)19-10-12-20(32-2)13-11-19/h5,8,10-13,15,18H,3-4,6-7,9,14,16-17H2,1-2H3. The molecule has 1 unspecified atom stereocenters. The molecule has 186 valence electrons. The number of carbonyl (C=O) groups is 2. The summed E-state index contributed by atoms with van der Waals surface area (Å²) >= 11 is 1.54. The van der Waals surface area contributed by atoms with Crippen LogP contribution in [0.2, 0.25) is 0 Å². The third kappa shape index (κ3) is 6.05. The summed E-state index contributed by atoms with van der Waals surface area (Å²) in [5, 5.41) is 9.45. The van der Waals surface area contributed by atoms with E-state index in [9.17, 15) is 9.59 Å². The molecule has 2 aromatic heterocycles. The minimum Gasteiger partial charge on any atom is -0.497 e. The number of hydrogen-bond acceptors (Lipinski definition) is 8. The smallest absolute Gasteiger partial charge is 0.310 e. The Hall–Kier alpha value is -3.27. The van der Waals surface area contributed by atoms with Crippen molar-refractivity contribution in [1.82, 2.24) is 19.7 Å². The highest BCUT2D eigenvalue weighted by molar-refractivity contribution is 7.99. The van der Waals surface area contributed by atoms with Gasteiger partial charge in [0.1, 0.15) is 5.75 Å². The first kappa shape index (κ1) is 24.8. The molecule has 1 aliphatic rings. The third-order valence-corrected chi connectivity index (χ3v) is 6.88. The first-order chi connectivity index (χ1) is 17.1. The van der Waals surface area contributed by atoms with E-state index in [-0.39, 0.29) is 17.8 Å². The van der Waals surface area contributed by atoms with E-state index >= 15 is 0 Å². The van der Waals surface area contributed by atoms with Gasteiger partial charge in [-0.25, -0.2) is 0 Å². The van der Waals surface area contributed by atoms with Crippen LogP contribution in [0, 0.1) is 5.92 Å². The molecule has 3 heterocycles. The molecule has 3 aromatic rings. The molecule has 1 atom stereocenters. The van der Waals surface area contributed by atoms with Gasteiger partial charge in [-0.15, -0.1) is 10.2 Å². The number of carbonyl (C=O) groups excluding carboxylic acids is 2. The predicted molar refractivity (Wildman–Crippen MR) is 132 cm³/mol. The third-order valence-electron chi connectivity index (χ3n) is 5.87. The molecule has 0 saturated carbocycles. The summed E-state index contributed by atoms with van der Waals surface area (Å²) in [6.07, 6.45) is 4.32. The first-order valence-electron chi connectivity index (χ1n) is 11.8. The number of thioether (sulfide) groups is 1. The Bertz CT molecular complexity index is 1110. The summed E-state index contributed by atoms with van der Waals surface area (Å²) in [5.41, 5.74) is 0.888. The molecule has 9 nitrogen and oxygen atoms in total. The number of furan rings is 1. The molecule has 1 amide bonds. The number of rotatable bonds is 10. The lowest BCUT2D eigenvalue weighted by Crippen LogP contribution is -2.42. The van der Waals surface area contributed by atoms with E-state index in [1.54, 1.807) is 37.0 Å². The Morgan fingerprint density at radius 2 is 2.03 bits per heavy atom. The second kappa shape index (κ2) is 11.9. The fraction of sp³-hybridized carbons (Fsp3) is 0.440. The van der Waals surface area contributed by atoms with Gasteiger partial charge in [-0.2, -0.15) is 0 Å². The monoisotopic (exact) mass is 498 g/mol. The number of amides is 1. The zero-order valence-corrected chi connectivity index (χ0v) is 20.8. The zero-order chi connectivity index (χ0) is 24.6. The van der Waals surface area contributed by atoms with Gasteiger partial charge in [0.15, 0.2) is 10.9 Å². The molecule has 0 aliphatic carbocycles. The van der Waals surface area contributed by atoms with E-state index in [2.05, 4.69) is 10.2 Å². The van der Waals surface area contributed by atoms with Crippen LogP contribution in [0.5, 0.6) is 5.75 Å². The maximum atomic E-state index is 12.8. The van der Waals surface area contributed by atoms with E-state index in [4.69, 9.17) is 13.9 Å². The fourth-order valence-electron chi connectivity index (χ4n) is 4.09. The van der Waals surface area contributed by atoms with Crippen molar-refractivity contribution < 1.29 is 23.5 Å². The zero-order valence-electron chi connectivity index (χ0n) is 20.0. The average molecular weight is 499 g/mol. The number of piperidine rings is 1. The Morgan fingerprint density at radius 3 is 2.74 bits per heavy atom. The molecule has 1 aromatic carbocycles. The minimum atomic E-state index is -0.218. The minimum absolute atomic E-state index is 0.0764. The molecule has 1 saturated heterocycles. The SMILES string of the molecule is CCOC(=O)C1CCCN(C(=O)CCCSc2nnc(-c3ccco3)n2-c2ccc(OC)cc2)C1. The van der Waals surface area contributed by atoms with Gasteiger partial charge in [0.05, 0.1) is 31.6 Å². The van der Waals surface area contributed by atoms with Gasteiger partial charge in [-0.05, 0) is 62.6 Å². The van der Waals surface area contributed by atoms with Crippen LogP contribution in [0.15, 0.2) is 52.2 Å². The molecule has 0 N–H and O–H groups in total. The lowest BCUT2D eigenvalue weighted by atomic mass is 9.98. The largest absolute Gasteiger partial charge is 0.497 e. The molecule has 4 rings (SSSR count). The summed E-state index contributed by atoms with van der Waals surface area (Å²) in [4.78, 5) is 26.6. The summed E-state index contributed by atoms with van der Waals surface area (Å²) in [7, 11) is 1.63. The van der Waals surface area contributed by atoms with E-state index in [1.807, 2.05) is 41.0 Å². The van der Waals surface area contributed by atoms with Gasteiger partial charge < -0.3 is 18.8 Å². The van der Waals surface area contributed by atoms with Crippen LogP contribution in [-0.4, -0.2) is 64.1 Å². The van der Waals surface area contributed by atoms with E-state index in [1.165, 1.54) is 0 Å². The number of likely N-dealkylation sites (tertiary alicyclic amines) is 1. The second-order valence-corrected chi connectivity index (χ2v) is 9.26. The maximum Gasteiger partial charge on any atom is 0.310 e. The highest BCUT2D eigenvalue weighted by Gasteiger charge is 2.29. The number of methoxy groups -OCH3 is 1. The van der Waals surface area contributed by atoms with Crippen molar-refractivity contribution in [1.29, 1.82) is 0 Å². The van der Waals surface area contributed by atoms with Crippen LogP contribution in [0.4, 0.5) is 0 Å². The van der Waals surface area contributed by atoms with E-state index in [0.29, 0.717) is 49.9 Å². The fourth-order valence-corrected chi connectivity index (χ4v) is 4.98. The topological polar surface area (TPSA) is 99.7 Å². The summed E-state index contributed by atoms with van der Waals surface area (Å²) in [6.45, 7) is 3.31. The molecule has 1 fully saturated rings. The van der Waals surface area contributed by atoms with Crippen molar-refractivity contribution in [2.75, 3.05) is 32.6 Å². The highest BCUT2D eigenvalue weighted by atomic mass is 32.2. The molecule has 0 bridgehead atoms. The molecule has 0 radical (unpaired) electrons. The predicted octanol–water partition coefficient (Wildman–Crippen LogP) is 4.21. The van der Waals surface area contributed by atoms with Gasteiger partial charge in [-0.1, -0.05) is 11.8 Å². The first-order valence-corrected chi connectivity index (χ1v) is 12.8. The Morgan fingerprint density at radius 1 is 1.20 bits per heavy atom. The van der Waals surface area contributed by atoms with Gasteiger partial charge in [-0.3, -0.25) is 14.2 Å². The van der Waals surface area contributed by atoms with Crippen LogP contribution in [0.25, 0.3) is 17.3 Å². The van der Waals surface area contributed by atoms with Crippen molar-refractivity contribution in [2.24, 2.45) is 5.92 Å². The summed E-state index contributed by atoms with van der Waals surface area (Å²) < 4.78 is 17.9. The van der Waals surface area contributed by atoms with Crippen molar-refractivity contribution in [3.8, 4) is 23.0 Å². The van der Waals surface area contributed by atoms with Crippen LogP contribution in [0.1, 0.15) is 32.6 Å². The molecule has 35 heavy (non-hydrogen) atoms. The second-order valence-electron chi connectivity index (χ2n) is 8.20. The average Bonchev–Trinajstić information content (AvgIpc) is 3.57. The van der Waals surface area contributed by atoms with Crippen LogP contribution in [-0.2, 0) is 14.3 Å². The van der Waals surface area contributed by atoms with Crippen LogP contribution >= 0.6 is 11.8 Å². The molecule has 0 spiro atoms. The Balaban J connectivity index is 1.37. The van der Waals surface area contributed by atoms with Gasteiger partial charge in [0, 0.05) is 25.3 Å².